The maximum atomic E-state index is 11.5. The summed E-state index contributed by atoms with van der Waals surface area (Å²) in [5, 5.41) is 0. The van der Waals surface area contributed by atoms with Gasteiger partial charge in [-0.3, -0.25) is 4.79 Å². The quantitative estimate of drug-likeness (QED) is 0.753. The van der Waals surface area contributed by atoms with Crippen molar-refractivity contribution in [1.29, 1.82) is 0 Å². The van der Waals surface area contributed by atoms with E-state index in [0.717, 1.165) is 15.8 Å². The zero-order valence-corrected chi connectivity index (χ0v) is 12.6. The fourth-order valence-electron chi connectivity index (χ4n) is 1.94. The zero-order valence-electron chi connectivity index (χ0n) is 11.0. The minimum atomic E-state index is -0.460. The summed E-state index contributed by atoms with van der Waals surface area (Å²) in [4.78, 5) is 11.5. The highest BCUT2D eigenvalue weighted by atomic mass is 79.9. The molecule has 0 spiro atoms. The molecule has 5 heteroatoms. The van der Waals surface area contributed by atoms with Gasteiger partial charge in [0, 0.05) is 18.0 Å². The third-order valence-corrected chi connectivity index (χ3v) is 3.55. The molecule has 0 bridgehead atoms. The van der Waals surface area contributed by atoms with Gasteiger partial charge < -0.3 is 14.2 Å². The molecule has 0 saturated heterocycles. The first-order valence-electron chi connectivity index (χ1n) is 6.18. The highest BCUT2D eigenvalue weighted by molar-refractivity contribution is 9.10. The van der Waals surface area contributed by atoms with E-state index < -0.39 is 6.10 Å². The van der Waals surface area contributed by atoms with Gasteiger partial charge in [-0.15, -0.1) is 0 Å². The van der Waals surface area contributed by atoms with Crippen molar-refractivity contribution in [1.82, 2.24) is 0 Å². The van der Waals surface area contributed by atoms with Gasteiger partial charge in [-0.1, -0.05) is 15.9 Å². The number of carbonyl (C=O) groups is 1. The van der Waals surface area contributed by atoms with E-state index in [0.29, 0.717) is 19.6 Å². The number of hydrogen-bond acceptors (Lipinski definition) is 4. The lowest BCUT2D eigenvalue weighted by atomic mass is 9.90. The normalized spacial score (nSPS) is 22.2. The average Bonchev–Trinajstić information content (AvgIpc) is 2.37. The van der Waals surface area contributed by atoms with E-state index in [4.69, 9.17) is 14.2 Å². The lowest BCUT2D eigenvalue weighted by molar-refractivity contribution is -0.156. The highest BCUT2D eigenvalue weighted by Gasteiger charge is 2.42. The molecular formula is C14H17BrO4. The molecule has 104 valence electrons. The number of aryl methyl sites for hydroxylation is 1. The summed E-state index contributed by atoms with van der Waals surface area (Å²) in [6.45, 7) is 2.86. The molecule has 0 aromatic heterocycles. The van der Waals surface area contributed by atoms with Gasteiger partial charge in [0.05, 0.1) is 13.2 Å². The van der Waals surface area contributed by atoms with Crippen LogP contribution < -0.4 is 4.74 Å². The number of Topliss-reactive ketones (excluding diaryl/α,β-unsaturated/α-hetero) is 1. The number of rotatable bonds is 6. The van der Waals surface area contributed by atoms with Crippen LogP contribution in [0.2, 0.25) is 0 Å². The maximum Gasteiger partial charge on any atom is 0.169 e. The molecule has 1 aliphatic rings. The molecule has 0 heterocycles. The fraction of sp³-hybridized carbons (Fsp3) is 0.500. The topological polar surface area (TPSA) is 44.8 Å². The Morgan fingerprint density at radius 1 is 1.37 bits per heavy atom. The minimum Gasteiger partial charge on any atom is -0.486 e. The third kappa shape index (κ3) is 3.55. The summed E-state index contributed by atoms with van der Waals surface area (Å²) in [5.74, 6) is 0.886. The van der Waals surface area contributed by atoms with Crippen LogP contribution in [0, 0.1) is 6.92 Å². The molecular weight excluding hydrogens is 312 g/mol. The first kappa shape index (κ1) is 14.5. The van der Waals surface area contributed by atoms with Crippen molar-refractivity contribution in [2.75, 3.05) is 20.3 Å². The van der Waals surface area contributed by atoms with Gasteiger partial charge in [0.2, 0.25) is 0 Å². The van der Waals surface area contributed by atoms with Crippen molar-refractivity contribution in [3.63, 3.8) is 0 Å². The SMILES string of the molecule is COCCOC1C(=O)CC1Oc1ccc(Br)cc1C. The molecule has 19 heavy (non-hydrogen) atoms. The number of halogens is 1. The predicted molar refractivity (Wildman–Crippen MR) is 74.5 cm³/mol. The van der Waals surface area contributed by atoms with Gasteiger partial charge in [0.1, 0.15) is 11.9 Å². The molecule has 1 saturated carbocycles. The molecule has 1 fully saturated rings. The second-order valence-electron chi connectivity index (χ2n) is 4.52. The van der Waals surface area contributed by atoms with Crippen molar-refractivity contribution in [3.8, 4) is 5.75 Å². The lowest BCUT2D eigenvalue weighted by Crippen LogP contribution is -2.52. The van der Waals surface area contributed by atoms with E-state index in [1.165, 1.54) is 0 Å². The molecule has 2 rings (SSSR count). The molecule has 1 aromatic rings. The molecule has 0 aliphatic heterocycles. The van der Waals surface area contributed by atoms with Crippen LogP contribution in [0.4, 0.5) is 0 Å². The standard InChI is InChI=1S/C14H17BrO4/c1-9-7-10(15)3-4-12(9)19-13-8-11(16)14(13)18-6-5-17-2/h3-4,7,13-14H,5-6,8H2,1-2H3. The molecule has 0 amide bonds. The summed E-state index contributed by atoms with van der Waals surface area (Å²) >= 11 is 3.41. The molecule has 0 N–H and O–H groups in total. The number of hydrogen-bond donors (Lipinski definition) is 0. The van der Waals surface area contributed by atoms with Crippen molar-refractivity contribution in [3.05, 3.63) is 28.2 Å². The molecule has 2 unspecified atom stereocenters. The average molecular weight is 329 g/mol. The van der Waals surface area contributed by atoms with Crippen LogP contribution in [0.15, 0.2) is 22.7 Å². The third-order valence-electron chi connectivity index (χ3n) is 3.06. The van der Waals surface area contributed by atoms with Crippen LogP contribution in [-0.4, -0.2) is 38.3 Å². The number of ketones is 1. The van der Waals surface area contributed by atoms with Crippen molar-refractivity contribution < 1.29 is 19.0 Å². The van der Waals surface area contributed by atoms with Crippen molar-refractivity contribution in [2.24, 2.45) is 0 Å². The van der Waals surface area contributed by atoms with E-state index in [1.54, 1.807) is 7.11 Å². The maximum absolute atomic E-state index is 11.5. The Hall–Kier alpha value is -0.910. The summed E-state index contributed by atoms with van der Waals surface area (Å²) in [6, 6.07) is 5.80. The fourth-order valence-corrected chi connectivity index (χ4v) is 2.41. The summed E-state index contributed by atoms with van der Waals surface area (Å²) in [6.07, 6.45) is -0.241. The van der Waals surface area contributed by atoms with Gasteiger partial charge in [-0.25, -0.2) is 0 Å². The minimum absolute atomic E-state index is 0.0934. The van der Waals surface area contributed by atoms with E-state index in [1.807, 2.05) is 25.1 Å². The number of methoxy groups -OCH3 is 1. The Morgan fingerprint density at radius 3 is 2.79 bits per heavy atom. The van der Waals surface area contributed by atoms with Gasteiger partial charge in [-0.2, -0.15) is 0 Å². The Kier molecular flexibility index (Phi) is 4.96. The van der Waals surface area contributed by atoms with Gasteiger partial charge in [-0.05, 0) is 30.7 Å². The molecule has 4 nitrogen and oxygen atoms in total. The molecule has 2 atom stereocenters. The van der Waals surface area contributed by atoms with Crippen LogP contribution >= 0.6 is 15.9 Å². The van der Waals surface area contributed by atoms with Gasteiger partial charge in [0.25, 0.3) is 0 Å². The van der Waals surface area contributed by atoms with Crippen LogP contribution in [-0.2, 0) is 14.3 Å². The number of ether oxygens (including phenoxy) is 3. The predicted octanol–water partition coefficient (Wildman–Crippen LogP) is 2.51. The van der Waals surface area contributed by atoms with E-state index in [-0.39, 0.29) is 11.9 Å². The summed E-state index contributed by atoms with van der Waals surface area (Å²) in [5.41, 5.74) is 1.03. The van der Waals surface area contributed by atoms with E-state index >= 15 is 0 Å². The summed E-state index contributed by atoms with van der Waals surface area (Å²) < 4.78 is 17.2. The van der Waals surface area contributed by atoms with Crippen LogP contribution in [0.1, 0.15) is 12.0 Å². The number of carbonyl (C=O) groups excluding carboxylic acids is 1. The Labute approximate surface area is 121 Å². The Balaban J connectivity index is 1.93. The van der Waals surface area contributed by atoms with Crippen LogP contribution in [0.5, 0.6) is 5.75 Å². The molecule has 1 aromatic carbocycles. The molecule has 0 radical (unpaired) electrons. The van der Waals surface area contributed by atoms with Crippen molar-refractivity contribution in [2.45, 2.75) is 25.6 Å². The monoisotopic (exact) mass is 328 g/mol. The zero-order chi connectivity index (χ0) is 13.8. The Bertz CT molecular complexity index is 461. The van der Waals surface area contributed by atoms with Gasteiger partial charge >= 0.3 is 0 Å². The first-order valence-corrected chi connectivity index (χ1v) is 6.97. The Morgan fingerprint density at radius 2 is 2.16 bits per heavy atom. The van der Waals surface area contributed by atoms with E-state index in [9.17, 15) is 4.79 Å². The summed E-state index contributed by atoms with van der Waals surface area (Å²) in [7, 11) is 1.60. The second kappa shape index (κ2) is 6.50. The van der Waals surface area contributed by atoms with Crippen LogP contribution in [0.3, 0.4) is 0 Å². The molecule has 1 aliphatic carbocycles. The smallest absolute Gasteiger partial charge is 0.169 e. The van der Waals surface area contributed by atoms with Crippen molar-refractivity contribution >= 4 is 21.7 Å². The second-order valence-corrected chi connectivity index (χ2v) is 5.44. The van der Waals surface area contributed by atoms with E-state index in [2.05, 4.69) is 15.9 Å². The largest absolute Gasteiger partial charge is 0.486 e. The number of benzene rings is 1. The first-order chi connectivity index (χ1) is 9.11. The van der Waals surface area contributed by atoms with Crippen LogP contribution in [0.25, 0.3) is 0 Å². The van der Waals surface area contributed by atoms with Gasteiger partial charge in [0.15, 0.2) is 11.9 Å². The lowest BCUT2D eigenvalue weighted by Gasteiger charge is -2.35. The highest BCUT2D eigenvalue weighted by Crippen LogP contribution is 2.29.